The molecule has 0 aliphatic carbocycles. The van der Waals surface area contributed by atoms with E-state index in [0.29, 0.717) is 30.2 Å². The molecular formula is C17H13FN3O3. The van der Waals surface area contributed by atoms with Crippen molar-refractivity contribution in [3.63, 3.8) is 0 Å². The lowest BCUT2D eigenvalue weighted by molar-refractivity contribution is 0.0697. The molecule has 1 heterocycles. The standard InChI is InChI=1S/C17H13FN3O3/c18-12-5-7-13(8-6-12)24-10-9-21-11-16(19-20-21)14-3-1-2-4-15(14)17(22)23/h1,3-8,11H,9-10H2,(H,22,23). The molecule has 1 aromatic heterocycles. The van der Waals surface area contributed by atoms with Crippen molar-refractivity contribution in [2.75, 3.05) is 6.61 Å². The van der Waals surface area contributed by atoms with Gasteiger partial charge in [0.05, 0.1) is 18.3 Å². The van der Waals surface area contributed by atoms with Crippen LogP contribution in [-0.4, -0.2) is 32.7 Å². The van der Waals surface area contributed by atoms with E-state index in [-0.39, 0.29) is 11.4 Å². The molecule has 0 bridgehead atoms. The molecule has 0 saturated heterocycles. The maximum atomic E-state index is 12.8. The molecule has 0 aliphatic rings. The van der Waals surface area contributed by atoms with E-state index in [2.05, 4.69) is 16.4 Å². The van der Waals surface area contributed by atoms with E-state index in [9.17, 15) is 14.3 Å². The Kier molecular flexibility index (Phi) is 4.51. The molecule has 6 nitrogen and oxygen atoms in total. The van der Waals surface area contributed by atoms with E-state index in [1.165, 1.54) is 18.2 Å². The van der Waals surface area contributed by atoms with Crippen LogP contribution in [0, 0.1) is 11.9 Å². The summed E-state index contributed by atoms with van der Waals surface area (Å²) in [5, 5.41) is 17.2. The molecule has 0 atom stereocenters. The first-order valence-corrected chi connectivity index (χ1v) is 7.16. The van der Waals surface area contributed by atoms with Crippen LogP contribution in [0.4, 0.5) is 4.39 Å². The maximum absolute atomic E-state index is 12.8. The first-order chi connectivity index (χ1) is 11.6. The molecule has 0 amide bonds. The molecule has 0 aliphatic heterocycles. The van der Waals surface area contributed by atoms with Gasteiger partial charge in [-0.25, -0.2) is 13.9 Å². The van der Waals surface area contributed by atoms with E-state index in [1.54, 1.807) is 35.1 Å². The molecule has 2 aromatic carbocycles. The number of carboxylic acid groups (broad SMARTS) is 1. The zero-order valence-electron chi connectivity index (χ0n) is 12.5. The summed E-state index contributed by atoms with van der Waals surface area (Å²) in [5.41, 5.74) is 1.06. The fourth-order valence-electron chi connectivity index (χ4n) is 2.15. The number of halogens is 1. The first kappa shape index (κ1) is 15.7. The molecule has 7 heteroatoms. The lowest BCUT2D eigenvalue weighted by Crippen LogP contribution is -2.08. The van der Waals surface area contributed by atoms with Gasteiger partial charge in [0.25, 0.3) is 0 Å². The van der Waals surface area contributed by atoms with Gasteiger partial charge in [0.2, 0.25) is 0 Å². The molecule has 3 aromatic rings. The number of rotatable bonds is 6. The van der Waals surface area contributed by atoms with Crippen LogP contribution in [0.15, 0.2) is 48.7 Å². The predicted octanol–water partition coefficient (Wildman–Crippen LogP) is 2.66. The van der Waals surface area contributed by atoms with Gasteiger partial charge in [0, 0.05) is 5.56 Å². The number of hydrogen-bond acceptors (Lipinski definition) is 4. The number of benzene rings is 2. The van der Waals surface area contributed by atoms with Crippen molar-refractivity contribution in [1.82, 2.24) is 15.0 Å². The summed E-state index contributed by atoms with van der Waals surface area (Å²) in [5.74, 6) is -0.808. The number of ether oxygens (including phenoxy) is 1. The molecular weight excluding hydrogens is 313 g/mol. The summed E-state index contributed by atoms with van der Waals surface area (Å²) in [6.45, 7) is 0.745. The maximum Gasteiger partial charge on any atom is 0.336 e. The SMILES string of the molecule is O=C(O)c1c[c]ccc1-c1cn(CCOc2ccc(F)cc2)nn1. The average Bonchev–Trinajstić information content (AvgIpc) is 3.05. The molecule has 0 unspecified atom stereocenters. The number of aromatic carboxylic acids is 1. The molecule has 1 N–H and O–H groups in total. The molecule has 0 spiro atoms. The molecule has 24 heavy (non-hydrogen) atoms. The zero-order valence-corrected chi connectivity index (χ0v) is 12.5. The fourth-order valence-corrected chi connectivity index (χ4v) is 2.15. The summed E-state index contributed by atoms with van der Waals surface area (Å²) in [7, 11) is 0. The van der Waals surface area contributed by atoms with Crippen LogP contribution in [-0.2, 0) is 6.54 Å². The summed E-state index contributed by atoms with van der Waals surface area (Å²) >= 11 is 0. The van der Waals surface area contributed by atoms with Gasteiger partial charge >= 0.3 is 5.97 Å². The van der Waals surface area contributed by atoms with Gasteiger partial charge in [0.1, 0.15) is 23.9 Å². The number of nitrogens with zero attached hydrogens (tertiary/aromatic N) is 3. The zero-order chi connectivity index (χ0) is 16.9. The van der Waals surface area contributed by atoms with Crippen molar-refractivity contribution in [3.05, 3.63) is 66.1 Å². The van der Waals surface area contributed by atoms with Gasteiger partial charge in [-0.3, -0.25) is 0 Å². The van der Waals surface area contributed by atoms with E-state index in [1.807, 2.05) is 0 Å². The average molecular weight is 326 g/mol. The Balaban J connectivity index is 1.66. The number of carboxylic acids is 1. The second-order valence-corrected chi connectivity index (χ2v) is 4.95. The second kappa shape index (κ2) is 6.91. The number of aromatic nitrogens is 3. The summed E-state index contributed by atoms with van der Waals surface area (Å²) in [4.78, 5) is 11.2. The van der Waals surface area contributed by atoms with Gasteiger partial charge in [0.15, 0.2) is 0 Å². The predicted molar refractivity (Wildman–Crippen MR) is 83.1 cm³/mol. The normalized spacial score (nSPS) is 10.5. The van der Waals surface area contributed by atoms with Crippen molar-refractivity contribution >= 4 is 5.97 Å². The monoisotopic (exact) mass is 326 g/mol. The lowest BCUT2D eigenvalue weighted by atomic mass is 10.1. The molecule has 0 fully saturated rings. The summed E-state index contributed by atoms with van der Waals surface area (Å²) < 4.78 is 19.8. The van der Waals surface area contributed by atoms with Crippen LogP contribution in [0.3, 0.4) is 0 Å². The van der Waals surface area contributed by atoms with Crippen LogP contribution in [0.5, 0.6) is 5.75 Å². The molecule has 121 valence electrons. The Labute approximate surface area is 137 Å². The summed E-state index contributed by atoms with van der Waals surface area (Å²) in [6, 6.07) is 13.1. The molecule has 1 radical (unpaired) electrons. The Hall–Kier alpha value is -3.22. The Morgan fingerprint density at radius 3 is 2.83 bits per heavy atom. The summed E-state index contributed by atoms with van der Waals surface area (Å²) in [6.07, 6.45) is 1.65. The topological polar surface area (TPSA) is 77.2 Å². The van der Waals surface area contributed by atoms with Gasteiger partial charge in [-0.2, -0.15) is 0 Å². The quantitative estimate of drug-likeness (QED) is 0.753. The largest absolute Gasteiger partial charge is 0.492 e. The Morgan fingerprint density at radius 2 is 2.08 bits per heavy atom. The van der Waals surface area contributed by atoms with E-state index >= 15 is 0 Å². The van der Waals surface area contributed by atoms with E-state index in [4.69, 9.17) is 4.74 Å². The highest BCUT2D eigenvalue weighted by atomic mass is 19.1. The Morgan fingerprint density at radius 1 is 1.29 bits per heavy atom. The minimum Gasteiger partial charge on any atom is -0.492 e. The van der Waals surface area contributed by atoms with Gasteiger partial charge in [-0.05, 0) is 36.4 Å². The van der Waals surface area contributed by atoms with Crippen molar-refractivity contribution < 1.29 is 19.0 Å². The van der Waals surface area contributed by atoms with Crippen LogP contribution in [0.25, 0.3) is 11.3 Å². The van der Waals surface area contributed by atoms with Crippen LogP contribution in [0.2, 0.25) is 0 Å². The van der Waals surface area contributed by atoms with Crippen molar-refractivity contribution in [2.45, 2.75) is 6.54 Å². The highest BCUT2D eigenvalue weighted by Gasteiger charge is 2.13. The third-order valence-electron chi connectivity index (χ3n) is 3.31. The third kappa shape index (κ3) is 3.57. The third-order valence-corrected chi connectivity index (χ3v) is 3.31. The number of carbonyl (C=O) groups is 1. The number of hydrogen-bond donors (Lipinski definition) is 1. The molecule has 3 rings (SSSR count). The lowest BCUT2D eigenvalue weighted by Gasteiger charge is -2.05. The fraction of sp³-hybridized carbons (Fsp3) is 0.118. The van der Waals surface area contributed by atoms with E-state index in [0.717, 1.165) is 0 Å². The van der Waals surface area contributed by atoms with Gasteiger partial charge < -0.3 is 9.84 Å². The van der Waals surface area contributed by atoms with Crippen molar-refractivity contribution in [2.24, 2.45) is 0 Å². The Bertz CT molecular complexity index is 846. The van der Waals surface area contributed by atoms with Gasteiger partial charge in [-0.15, -0.1) is 5.10 Å². The first-order valence-electron chi connectivity index (χ1n) is 7.16. The van der Waals surface area contributed by atoms with E-state index < -0.39 is 5.97 Å². The molecule has 0 saturated carbocycles. The highest BCUT2D eigenvalue weighted by molar-refractivity contribution is 5.95. The van der Waals surface area contributed by atoms with Crippen molar-refractivity contribution in [1.29, 1.82) is 0 Å². The van der Waals surface area contributed by atoms with Gasteiger partial charge in [-0.1, -0.05) is 17.3 Å². The minimum atomic E-state index is -1.05. The van der Waals surface area contributed by atoms with Crippen LogP contribution >= 0.6 is 0 Å². The highest BCUT2D eigenvalue weighted by Crippen LogP contribution is 2.21. The van der Waals surface area contributed by atoms with Crippen LogP contribution in [0.1, 0.15) is 10.4 Å². The second-order valence-electron chi connectivity index (χ2n) is 4.95. The minimum absolute atomic E-state index is 0.118. The smallest absolute Gasteiger partial charge is 0.336 e. The van der Waals surface area contributed by atoms with Crippen LogP contribution < -0.4 is 4.74 Å². The van der Waals surface area contributed by atoms with Crippen molar-refractivity contribution in [3.8, 4) is 17.0 Å².